The SMILES string of the molecule is C#CC[C@H]1CN(C(C)(C)C)CCN1C(=O)C=C. The number of rotatable bonds is 2. The van der Waals surface area contributed by atoms with Gasteiger partial charge in [-0.3, -0.25) is 9.69 Å². The Balaban J connectivity index is 2.78. The Morgan fingerprint density at radius 1 is 1.53 bits per heavy atom. The Bertz CT molecular complexity index is 335. The average molecular weight is 234 g/mol. The fraction of sp³-hybridized carbons (Fsp3) is 0.643. The summed E-state index contributed by atoms with van der Waals surface area (Å²) in [6, 6.07) is 0.110. The lowest BCUT2D eigenvalue weighted by molar-refractivity contribution is -0.131. The highest BCUT2D eigenvalue weighted by Crippen LogP contribution is 2.21. The summed E-state index contributed by atoms with van der Waals surface area (Å²) < 4.78 is 0. The van der Waals surface area contributed by atoms with Gasteiger partial charge in [0.1, 0.15) is 0 Å². The van der Waals surface area contributed by atoms with E-state index < -0.39 is 0 Å². The molecule has 1 fully saturated rings. The molecule has 1 rings (SSSR count). The lowest BCUT2D eigenvalue weighted by Gasteiger charge is -2.46. The Labute approximate surface area is 104 Å². The van der Waals surface area contributed by atoms with Gasteiger partial charge in [0, 0.05) is 31.6 Å². The number of amides is 1. The highest BCUT2D eigenvalue weighted by atomic mass is 16.2. The first kappa shape index (κ1) is 13.8. The Morgan fingerprint density at radius 2 is 2.18 bits per heavy atom. The maximum absolute atomic E-state index is 11.7. The summed E-state index contributed by atoms with van der Waals surface area (Å²) in [5.41, 5.74) is 0.121. The number of terminal acetylenes is 1. The molecular weight excluding hydrogens is 212 g/mol. The van der Waals surface area contributed by atoms with Crippen molar-refractivity contribution < 1.29 is 4.79 Å². The van der Waals surface area contributed by atoms with Crippen LogP contribution in [0, 0.1) is 12.3 Å². The molecule has 0 aromatic carbocycles. The fourth-order valence-electron chi connectivity index (χ4n) is 2.18. The van der Waals surface area contributed by atoms with E-state index in [9.17, 15) is 4.79 Å². The molecule has 1 heterocycles. The first-order valence-corrected chi connectivity index (χ1v) is 6.01. The molecule has 0 N–H and O–H groups in total. The predicted octanol–water partition coefficient (Wildman–Crippen LogP) is 1.51. The van der Waals surface area contributed by atoms with Crippen LogP contribution in [-0.2, 0) is 4.79 Å². The smallest absolute Gasteiger partial charge is 0.246 e. The number of carbonyl (C=O) groups is 1. The third kappa shape index (κ3) is 3.34. The van der Waals surface area contributed by atoms with Gasteiger partial charge in [0.2, 0.25) is 5.91 Å². The number of hydrogen-bond donors (Lipinski definition) is 0. The second-order valence-corrected chi connectivity index (χ2v) is 5.41. The second kappa shape index (κ2) is 5.37. The molecule has 0 aromatic heterocycles. The molecule has 0 aromatic rings. The van der Waals surface area contributed by atoms with Crippen LogP contribution >= 0.6 is 0 Å². The van der Waals surface area contributed by atoms with Crippen LogP contribution in [0.4, 0.5) is 0 Å². The Morgan fingerprint density at radius 3 is 2.65 bits per heavy atom. The van der Waals surface area contributed by atoms with Crippen LogP contribution in [0.1, 0.15) is 27.2 Å². The van der Waals surface area contributed by atoms with Gasteiger partial charge in [0.05, 0.1) is 6.04 Å². The summed E-state index contributed by atoms with van der Waals surface area (Å²) in [6.07, 6.45) is 7.36. The van der Waals surface area contributed by atoms with E-state index in [4.69, 9.17) is 6.42 Å². The van der Waals surface area contributed by atoms with Crippen LogP contribution in [-0.4, -0.2) is 46.9 Å². The molecule has 0 radical (unpaired) electrons. The molecule has 0 unspecified atom stereocenters. The topological polar surface area (TPSA) is 23.6 Å². The molecule has 0 spiro atoms. The maximum atomic E-state index is 11.7. The second-order valence-electron chi connectivity index (χ2n) is 5.41. The molecule has 0 bridgehead atoms. The quantitative estimate of drug-likeness (QED) is 0.534. The maximum Gasteiger partial charge on any atom is 0.246 e. The highest BCUT2D eigenvalue weighted by Gasteiger charge is 2.33. The van der Waals surface area contributed by atoms with Crippen molar-refractivity contribution in [3.8, 4) is 12.3 Å². The van der Waals surface area contributed by atoms with Crippen molar-refractivity contribution in [2.24, 2.45) is 0 Å². The molecule has 1 amide bonds. The molecule has 0 saturated carbocycles. The molecule has 1 aliphatic heterocycles. The van der Waals surface area contributed by atoms with E-state index >= 15 is 0 Å². The molecule has 1 atom stereocenters. The molecule has 1 saturated heterocycles. The molecule has 17 heavy (non-hydrogen) atoms. The number of carbonyl (C=O) groups excluding carboxylic acids is 1. The van der Waals surface area contributed by atoms with Gasteiger partial charge in [0.25, 0.3) is 0 Å². The first-order chi connectivity index (χ1) is 7.90. The van der Waals surface area contributed by atoms with E-state index in [1.807, 2.05) is 4.90 Å². The third-order valence-electron chi connectivity index (χ3n) is 3.24. The summed E-state index contributed by atoms with van der Waals surface area (Å²) in [5, 5.41) is 0. The van der Waals surface area contributed by atoms with Crippen molar-refractivity contribution >= 4 is 5.91 Å². The van der Waals surface area contributed by atoms with Gasteiger partial charge in [-0.1, -0.05) is 6.58 Å². The van der Waals surface area contributed by atoms with Crippen LogP contribution < -0.4 is 0 Å². The first-order valence-electron chi connectivity index (χ1n) is 6.01. The number of hydrogen-bond acceptors (Lipinski definition) is 2. The standard InChI is InChI=1S/C14H22N2O/c1-6-8-12-11-15(14(3,4)5)9-10-16(12)13(17)7-2/h1,7,12H,2,8-11H2,3-5H3/t12-/m0/s1. The minimum Gasteiger partial charge on any atom is -0.333 e. The van der Waals surface area contributed by atoms with Crippen molar-refractivity contribution in [3.05, 3.63) is 12.7 Å². The van der Waals surface area contributed by atoms with Gasteiger partial charge in [-0.15, -0.1) is 12.3 Å². The normalized spacial score (nSPS) is 22.0. The Kier molecular flexibility index (Phi) is 4.36. The van der Waals surface area contributed by atoms with E-state index in [0.717, 1.165) is 19.6 Å². The van der Waals surface area contributed by atoms with E-state index in [1.54, 1.807) is 0 Å². The molecule has 3 heteroatoms. The van der Waals surface area contributed by atoms with Gasteiger partial charge < -0.3 is 4.90 Å². The van der Waals surface area contributed by atoms with Gasteiger partial charge in [0.15, 0.2) is 0 Å². The molecular formula is C14H22N2O. The summed E-state index contributed by atoms with van der Waals surface area (Å²) >= 11 is 0. The molecule has 0 aliphatic carbocycles. The van der Waals surface area contributed by atoms with Gasteiger partial charge in [-0.05, 0) is 26.8 Å². The number of piperazine rings is 1. The number of nitrogens with zero attached hydrogens (tertiary/aromatic N) is 2. The monoisotopic (exact) mass is 234 g/mol. The van der Waals surface area contributed by atoms with Crippen LogP contribution in [0.15, 0.2) is 12.7 Å². The van der Waals surface area contributed by atoms with Crippen LogP contribution in [0.25, 0.3) is 0 Å². The van der Waals surface area contributed by atoms with Gasteiger partial charge >= 0.3 is 0 Å². The van der Waals surface area contributed by atoms with E-state index in [2.05, 4.69) is 38.2 Å². The molecule has 3 nitrogen and oxygen atoms in total. The lowest BCUT2D eigenvalue weighted by atomic mass is 10.0. The van der Waals surface area contributed by atoms with Gasteiger partial charge in [-0.2, -0.15) is 0 Å². The largest absolute Gasteiger partial charge is 0.333 e. The predicted molar refractivity (Wildman–Crippen MR) is 70.5 cm³/mol. The minimum absolute atomic E-state index is 0.0150. The van der Waals surface area contributed by atoms with Crippen LogP contribution in [0.5, 0.6) is 0 Å². The molecule has 94 valence electrons. The van der Waals surface area contributed by atoms with Crippen LogP contribution in [0.3, 0.4) is 0 Å². The fourth-order valence-corrected chi connectivity index (χ4v) is 2.18. The minimum atomic E-state index is -0.0150. The van der Waals surface area contributed by atoms with Crippen molar-refractivity contribution in [2.45, 2.75) is 38.8 Å². The average Bonchev–Trinajstić information content (AvgIpc) is 2.27. The zero-order valence-corrected chi connectivity index (χ0v) is 11.1. The zero-order valence-electron chi connectivity index (χ0n) is 11.1. The molecule has 1 aliphatic rings. The van der Waals surface area contributed by atoms with Crippen molar-refractivity contribution in [2.75, 3.05) is 19.6 Å². The summed E-state index contributed by atoms with van der Waals surface area (Å²) in [5.74, 6) is 2.65. The van der Waals surface area contributed by atoms with E-state index in [-0.39, 0.29) is 17.5 Å². The zero-order chi connectivity index (χ0) is 13.1. The summed E-state index contributed by atoms with van der Waals surface area (Å²) in [7, 11) is 0. The van der Waals surface area contributed by atoms with Crippen LogP contribution in [0.2, 0.25) is 0 Å². The summed E-state index contributed by atoms with van der Waals surface area (Å²) in [4.78, 5) is 15.9. The Hall–Kier alpha value is -1.27. The highest BCUT2D eigenvalue weighted by molar-refractivity contribution is 5.87. The van der Waals surface area contributed by atoms with Gasteiger partial charge in [-0.25, -0.2) is 0 Å². The lowest BCUT2D eigenvalue weighted by Crippen LogP contribution is -2.59. The van der Waals surface area contributed by atoms with E-state index in [0.29, 0.717) is 6.42 Å². The van der Waals surface area contributed by atoms with Crippen molar-refractivity contribution in [1.29, 1.82) is 0 Å². The van der Waals surface area contributed by atoms with Crippen molar-refractivity contribution in [3.63, 3.8) is 0 Å². The van der Waals surface area contributed by atoms with Crippen molar-refractivity contribution in [1.82, 2.24) is 9.80 Å². The van der Waals surface area contributed by atoms with E-state index in [1.165, 1.54) is 6.08 Å². The third-order valence-corrected chi connectivity index (χ3v) is 3.24. The summed E-state index contributed by atoms with van der Waals surface area (Å²) in [6.45, 7) is 12.6.